The number of amides is 1. The number of rotatable bonds is 4. The summed E-state index contributed by atoms with van der Waals surface area (Å²) < 4.78 is 0. The summed E-state index contributed by atoms with van der Waals surface area (Å²) in [6, 6.07) is 17.6. The van der Waals surface area contributed by atoms with Gasteiger partial charge in [-0.1, -0.05) is 18.2 Å². The summed E-state index contributed by atoms with van der Waals surface area (Å²) in [6.07, 6.45) is 2.82. The van der Waals surface area contributed by atoms with Crippen molar-refractivity contribution in [3.63, 3.8) is 0 Å². The van der Waals surface area contributed by atoms with E-state index < -0.39 is 0 Å². The number of carbonyl (C=O) groups is 1. The minimum Gasteiger partial charge on any atom is -0.380 e. The van der Waals surface area contributed by atoms with E-state index in [1.165, 1.54) is 0 Å². The van der Waals surface area contributed by atoms with Crippen molar-refractivity contribution >= 4 is 40.6 Å². The largest absolute Gasteiger partial charge is 0.380 e. The molecule has 1 fully saturated rings. The number of benzene rings is 2. The van der Waals surface area contributed by atoms with E-state index in [1.54, 1.807) is 6.20 Å². The molecule has 5 nitrogen and oxygen atoms in total. The molecular formula is C20H21ClN4O. The summed E-state index contributed by atoms with van der Waals surface area (Å²) in [5, 5.41) is 10.8. The van der Waals surface area contributed by atoms with Crippen molar-refractivity contribution in [2.75, 3.05) is 23.7 Å². The molecule has 3 N–H and O–H groups in total. The maximum Gasteiger partial charge on any atom is 0.257 e. The monoisotopic (exact) mass is 368 g/mol. The molecule has 0 saturated carbocycles. The standard InChI is InChI=1S/C20H20N4O.ClH/c25-20(24-14-5-2-1-3-6-14)17-8-9-18(23-15-10-12-21-13-15)16-7-4-11-22-19(16)17;/h1-9,11,15,21,23H,10,12-13H2,(H,24,25);1H/t15-;/m0./s1. The summed E-state index contributed by atoms with van der Waals surface area (Å²) in [6.45, 7) is 1.99. The zero-order valence-electron chi connectivity index (χ0n) is 14.2. The van der Waals surface area contributed by atoms with Gasteiger partial charge in [0.25, 0.3) is 5.91 Å². The number of carbonyl (C=O) groups excluding carboxylic acids is 1. The van der Waals surface area contributed by atoms with Gasteiger partial charge < -0.3 is 16.0 Å². The molecule has 134 valence electrons. The van der Waals surface area contributed by atoms with Crippen molar-refractivity contribution in [2.24, 2.45) is 0 Å². The van der Waals surface area contributed by atoms with E-state index in [4.69, 9.17) is 0 Å². The topological polar surface area (TPSA) is 66.1 Å². The highest BCUT2D eigenvalue weighted by Crippen LogP contribution is 2.27. The Morgan fingerprint density at radius 1 is 1.08 bits per heavy atom. The van der Waals surface area contributed by atoms with Crippen LogP contribution in [0.1, 0.15) is 16.8 Å². The summed E-state index contributed by atoms with van der Waals surface area (Å²) >= 11 is 0. The minimum atomic E-state index is -0.149. The number of pyridine rings is 1. The molecule has 1 atom stereocenters. The highest BCUT2D eigenvalue weighted by atomic mass is 35.5. The lowest BCUT2D eigenvalue weighted by molar-refractivity contribution is 0.102. The third-order valence-electron chi connectivity index (χ3n) is 4.47. The molecule has 0 aliphatic carbocycles. The van der Waals surface area contributed by atoms with Gasteiger partial charge in [0.15, 0.2) is 0 Å². The van der Waals surface area contributed by atoms with Crippen LogP contribution in [0.25, 0.3) is 10.9 Å². The second kappa shape index (κ2) is 8.17. The number of hydrogen-bond acceptors (Lipinski definition) is 4. The average Bonchev–Trinajstić information content (AvgIpc) is 3.16. The molecule has 1 aliphatic heterocycles. The molecule has 2 heterocycles. The van der Waals surface area contributed by atoms with E-state index in [0.29, 0.717) is 17.1 Å². The second-order valence-electron chi connectivity index (χ2n) is 6.21. The van der Waals surface area contributed by atoms with Gasteiger partial charge in [0.2, 0.25) is 0 Å². The average molecular weight is 369 g/mol. The van der Waals surface area contributed by atoms with Crippen molar-refractivity contribution in [2.45, 2.75) is 12.5 Å². The van der Waals surface area contributed by atoms with E-state index in [0.717, 1.165) is 36.3 Å². The minimum absolute atomic E-state index is 0. The van der Waals surface area contributed by atoms with Crippen LogP contribution in [0.15, 0.2) is 60.8 Å². The fourth-order valence-electron chi connectivity index (χ4n) is 3.20. The van der Waals surface area contributed by atoms with Crippen LogP contribution in [0.2, 0.25) is 0 Å². The van der Waals surface area contributed by atoms with E-state index in [-0.39, 0.29) is 18.3 Å². The molecule has 26 heavy (non-hydrogen) atoms. The van der Waals surface area contributed by atoms with Crippen molar-refractivity contribution in [1.82, 2.24) is 10.3 Å². The third kappa shape index (κ3) is 3.79. The van der Waals surface area contributed by atoms with Gasteiger partial charge in [-0.15, -0.1) is 12.4 Å². The SMILES string of the molecule is Cl.O=C(Nc1ccccc1)c1ccc(N[C@H]2CCNC2)c2cccnc12. The van der Waals surface area contributed by atoms with Crippen molar-refractivity contribution in [3.8, 4) is 0 Å². The Balaban J connectivity index is 0.00000196. The van der Waals surface area contributed by atoms with Crippen LogP contribution < -0.4 is 16.0 Å². The van der Waals surface area contributed by atoms with Gasteiger partial charge in [-0.05, 0) is 49.4 Å². The van der Waals surface area contributed by atoms with Crippen LogP contribution >= 0.6 is 12.4 Å². The van der Waals surface area contributed by atoms with Gasteiger partial charge in [0.1, 0.15) is 0 Å². The van der Waals surface area contributed by atoms with Gasteiger partial charge in [-0.3, -0.25) is 9.78 Å². The Hall–Kier alpha value is -2.63. The maximum atomic E-state index is 12.7. The van der Waals surface area contributed by atoms with Gasteiger partial charge in [-0.2, -0.15) is 0 Å². The Morgan fingerprint density at radius 3 is 2.69 bits per heavy atom. The number of fused-ring (bicyclic) bond motifs is 1. The molecule has 0 bridgehead atoms. The number of halogens is 1. The first-order valence-corrected chi connectivity index (χ1v) is 8.52. The van der Waals surface area contributed by atoms with Crippen LogP contribution in [0.4, 0.5) is 11.4 Å². The van der Waals surface area contributed by atoms with Gasteiger partial charge in [0.05, 0.1) is 11.1 Å². The van der Waals surface area contributed by atoms with E-state index >= 15 is 0 Å². The number of nitrogens with zero attached hydrogens (tertiary/aromatic N) is 1. The Kier molecular flexibility index (Phi) is 5.71. The lowest BCUT2D eigenvalue weighted by Gasteiger charge is -2.16. The normalized spacial score (nSPS) is 16.1. The molecule has 3 aromatic rings. The van der Waals surface area contributed by atoms with Crippen LogP contribution in [-0.2, 0) is 0 Å². The molecule has 2 aromatic carbocycles. The summed E-state index contributed by atoms with van der Waals surface area (Å²) in [4.78, 5) is 17.2. The smallest absolute Gasteiger partial charge is 0.257 e. The molecule has 6 heteroatoms. The number of aromatic nitrogens is 1. The number of para-hydroxylation sites is 1. The van der Waals surface area contributed by atoms with Crippen LogP contribution in [0.3, 0.4) is 0 Å². The van der Waals surface area contributed by atoms with Gasteiger partial charge in [-0.25, -0.2) is 0 Å². The first kappa shape index (κ1) is 18.2. The number of anilines is 2. The quantitative estimate of drug-likeness (QED) is 0.657. The Bertz CT molecular complexity index is 895. The first-order chi connectivity index (χ1) is 12.3. The highest BCUT2D eigenvalue weighted by molar-refractivity contribution is 6.13. The molecule has 0 spiro atoms. The van der Waals surface area contributed by atoms with Gasteiger partial charge >= 0.3 is 0 Å². The fourth-order valence-corrected chi connectivity index (χ4v) is 3.20. The Labute approximate surface area is 158 Å². The Morgan fingerprint density at radius 2 is 1.92 bits per heavy atom. The summed E-state index contributed by atoms with van der Waals surface area (Å²) in [7, 11) is 0. The number of nitrogens with one attached hydrogen (secondary N) is 3. The molecule has 1 amide bonds. The van der Waals surface area contributed by atoms with Crippen LogP contribution in [0, 0.1) is 0 Å². The first-order valence-electron chi connectivity index (χ1n) is 8.52. The van der Waals surface area contributed by atoms with Crippen molar-refractivity contribution in [3.05, 3.63) is 66.4 Å². The molecule has 0 unspecified atom stereocenters. The molecule has 1 saturated heterocycles. The van der Waals surface area contributed by atoms with Crippen LogP contribution in [-0.4, -0.2) is 30.0 Å². The highest BCUT2D eigenvalue weighted by Gasteiger charge is 2.18. The molecule has 0 radical (unpaired) electrons. The molecule has 4 rings (SSSR count). The zero-order chi connectivity index (χ0) is 17.1. The van der Waals surface area contributed by atoms with Crippen molar-refractivity contribution in [1.29, 1.82) is 0 Å². The summed E-state index contributed by atoms with van der Waals surface area (Å²) in [5.41, 5.74) is 3.09. The molecule has 1 aliphatic rings. The predicted octanol–water partition coefficient (Wildman–Crippen LogP) is 3.68. The van der Waals surface area contributed by atoms with Crippen molar-refractivity contribution < 1.29 is 4.79 Å². The fraction of sp³-hybridized carbons (Fsp3) is 0.200. The van der Waals surface area contributed by atoms with Crippen LogP contribution in [0.5, 0.6) is 0 Å². The molecule has 1 aromatic heterocycles. The van der Waals surface area contributed by atoms with Gasteiger partial charge in [0, 0.05) is 35.5 Å². The summed E-state index contributed by atoms with van der Waals surface area (Å²) in [5.74, 6) is -0.149. The predicted molar refractivity (Wildman–Crippen MR) is 108 cm³/mol. The zero-order valence-corrected chi connectivity index (χ0v) is 15.1. The molecular weight excluding hydrogens is 348 g/mol. The van der Waals surface area contributed by atoms with E-state index in [2.05, 4.69) is 20.9 Å². The lowest BCUT2D eigenvalue weighted by Crippen LogP contribution is -2.22. The van der Waals surface area contributed by atoms with E-state index in [9.17, 15) is 4.79 Å². The van der Waals surface area contributed by atoms with E-state index in [1.807, 2.05) is 54.6 Å². The number of hydrogen-bond donors (Lipinski definition) is 3. The maximum absolute atomic E-state index is 12.7. The third-order valence-corrected chi connectivity index (χ3v) is 4.47. The lowest BCUT2D eigenvalue weighted by atomic mass is 10.1. The second-order valence-corrected chi connectivity index (χ2v) is 6.21.